The van der Waals surface area contributed by atoms with Crippen LogP contribution in [-0.4, -0.2) is 34.2 Å². The monoisotopic (exact) mass is 319 g/mol. The van der Waals surface area contributed by atoms with Crippen LogP contribution in [0.3, 0.4) is 0 Å². The lowest BCUT2D eigenvalue weighted by atomic mass is 9.80. The molecule has 0 radical (unpaired) electrons. The third-order valence-electron chi connectivity index (χ3n) is 4.10. The first kappa shape index (κ1) is 17.0. The van der Waals surface area contributed by atoms with Crippen LogP contribution in [0, 0.1) is 0 Å². The Bertz CT molecular complexity index is 578. The van der Waals surface area contributed by atoms with Crippen molar-refractivity contribution in [1.29, 1.82) is 0 Å². The number of amides is 4. The highest BCUT2D eigenvalue weighted by molar-refractivity contribution is 6.07. The van der Waals surface area contributed by atoms with Crippen LogP contribution in [0.15, 0.2) is 30.3 Å². The zero-order valence-electron chi connectivity index (χ0n) is 13.0. The van der Waals surface area contributed by atoms with E-state index in [1.807, 2.05) is 6.92 Å². The Morgan fingerprint density at radius 1 is 1.26 bits per heavy atom. The van der Waals surface area contributed by atoms with Gasteiger partial charge in [0, 0.05) is 0 Å². The summed E-state index contributed by atoms with van der Waals surface area (Å²) in [6.45, 7) is 2.03. The summed E-state index contributed by atoms with van der Waals surface area (Å²) < 4.78 is 0. The quantitative estimate of drug-likeness (QED) is 0.223. The highest BCUT2D eigenvalue weighted by Crippen LogP contribution is 2.36. The predicted octanol–water partition coefficient (Wildman–Crippen LogP) is 1.73. The second-order valence-corrected chi connectivity index (χ2v) is 5.64. The van der Waals surface area contributed by atoms with E-state index in [9.17, 15) is 19.6 Å². The normalized spacial score (nSPS) is 21.5. The molecule has 1 aliphatic rings. The fourth-order valence-electron chi connectivity index (χ4n) is 3.02. The number of carbonyl (C=O) groups excluding carboxylic acids is 3. The van der Waals surface area contributed by atoms with Crippen molar-refractivity contribution in [2.75, 3.05) is 0 Å². The minimum atomic E-state index is -1.39. The van der Waals surface area contributed by atoms with Crippen molar-refractivity contribution in [2.24, 2.45) is 0 Å². The van der Waals surface area contributed by atoms with Gasteiger partial charge in [-0.2, -0.15) is 0 Å². The Kier molecular flexibility index (Phi) is 5.33. The molecule has 0 aliphatic carbocycles. The summed E-state index contributed by atoms with van der Waals surface area (Å²) in [6, 6.07) is 7.08. The fraction of sp³-hybridized carbons (Fsp3) is 0.438. The molecule has 124 valence electrons. The number of carbonyl (C=O) groups is 3. The third kappa shape index (κ3) is 3.34. The lowest BCUT2D eigenvalue weighted by Gasteiger charge is -2.37. The molecule has 3 N–H and O–H groups in total. The van der Waals surface area contributed by atoms with Crippen LogP contribution in [0.1, 0.15) is 44.2 Å². The molecule has 1 saturated heterocycles. The third-order valence-corrected chi connectivity index (χ3v) is 4.10. The molecule has 7 nitrogen and oxygen atoms in total. The fourth-order valence-corrected chi connectivity index (χ4v) is 3.02. The first-order valence-electron chi connectivity index (χ1n) is 7.66. The van der Waals surface area contributed by atoms with Gasteiger partial charge in [-0.05, 0) is 12.0 Å². The summed E-state index contributed by atoms with van der Waals surface area (Å²) in [7, 11) is 0. The number of hydroxylamine groups is 2. The molecule has 0 aromatic heterocycles. The van der Waals surface area contributed by atoms with Gasteiger partial charge in [-0.15, -0.1) is 0 Å². The summed E-state index contributed by atoms with van der Waals surface area (Å²) in [6.07, 6.45) is 3.07. The Balaban J connectivity index is 2.46. The average Bonchev–Trinajstić information content (AvgIpc) is 2.83. The molecule has 23 heavy (non-hydrogen) atoms. The van der Waals surface area contributed by atoms with Crippen molar-refractivity contribution in [2.45, 2.75) is 44.2 Å². The van der Waals surface area contributed by atoms with Gasteiger partial charge < -0.3 is 5.32 Å². The van der Waals surface area contributed by atoms with E-state index in [1.165, 1.54) is 0 Å². The molecule has 0 spiro atoms. The van der Waals surface area contributed by atoms with Gasteiger partial charge in [0.1, 0.15) is 11.6 Å². The highest BCUT2D eigenvalue weighted by atomic mass is 16.5. The predicted molar refractivity (Wildman–Crippen MR) is 82.4 cm³/mol. The smallest absolute Gasteiger partial charge is 0.321 e. The van der Waals surface area contributed by atoms with Gasteiger partial charge >= 0.3 is 6.03 Å². The van der Waals surface area contributed by atoms with Crippen molar-refractivity contribution < 1.29 is 19.6 Å². The van der Waals surface area contributed by atoms with Crippen LogP contribution in [0.4, 0.5) is 4.79 Å². The molecular formula is C16H21N3O4. The van der Waals surface area contributed by atoms with Gasteiger partial charge in [0.15, 0.2) is 0 Å². The molecule has 1 unspecified atom stereocenters. The number of benzene rings is 1. The molecule has 4 amide bonds. The van der Waals surface area contributed by atoms with E-state index in [4.69, 9.17) is 0 Å². The number of urea groups is 1. The summed E-state index contributed by atoms with van der Waals surface area (Å²) >= 11 is 0. The SMILES string of the molecule is CCCCC[C@@]1(C(c2ccccc2)N(O)C=O)NC(=O)NC1=O. The molecular weight excluding hydrogens is 298 g/mol. The van der Waals surface area contributed by atoms with E-state index in [-0.39, 0.29) is 6.41 Å². The Labute approximate surface area is 134 Å². The number of rotatable bonds is 8. The second kappa shape index (κ2) is 7.23. The van der Waals surface area contributed by atoms with Gasteiger partial charge in [-0.25, -0.2) is 9.86 Å². The van der Waals surface area contributed by atoms with E-state index in [0.29, 0.717) is 23.5 Å². The van der Waals surface area contributed by atoms with Gasteiger partial charge in [0.05, 0.1) is 0 Å². The van der Waals surface area contributed by atoms with Crippen LogP contribution in [0.25, 0.3) is 0 Å². The molecule has 1 aromatic carbocycles. The highest BCUT2D eigenvalue weighted by Gasteiger charge is 2.54. The van der Waals surface area contributed by atoms with Crippen LogP contribution in [0.2, 0.25) is 0 Å². The zero-order chi connectivity index (χ0) is 16.9. The van der Waals surface area contributed by atoms with E-state index in [1.54, 1.807) is 30.3 Å². The molecule has 1 heterocycles. The molecule has 7 heteroatoms. The number of imide groups is 1. The Morgan fingerprint density at radius 2 is 1.96 bits per heavy atom. The maximum Gasteiger partial charge on any atom is 0.322 e. The van der Waals surface area contributed by atoms with E-state index in [0.717, 1.165) is 12.8 Å². The van der Waals surface area contributed by atoms with Gasteiger partial charge in [0.2, 0.25) is 6.41 Å². The molecule has 0 saturated carbocycles. The van der Waals surface area contributed by atoms with Gasteiger partial charge in [-0.3, -0.25) is 20.1 Å². The molecule has 1 fully saturated rings. The minimum absolute atomic E-state index is 0.247. The van der Waals surface area contributed by atoms with Crippen molar-refractivity contribution in [1.82, 2.24) is 15.7 Å². The number of hydrogen-bond donors (Lipinski definition) is 3. The van der Waals surface area contributed by atoms with Crippen LogP contribution in [0.5, 0.6) is 0 Å². The first-order chi connectivity index (χ1) is 11.0. The van der Waals surface area contributed by atoms with Crippen molar-refractivity contribution in [3.05, 3.63) is 35.9 Å². The van der Waals surface area contributed by atoms with E-state index < -0.39 is 23.5 Å². The second-order valence-electron chi connectivity index (χ2n) is 5.64. The largest absolute Gasteiger partial charge is 0.322 e. The molecule has 0 bridgehead atoms. The Hall–Kier alpha value is -2.41. The molecule has 1 aromatic rings. The average molecular weight is 319 g/mol. The summed E-state index contributed by atoms with van der Waals surface area (Å²) in [5, 5.41) is 15.4. The number of hydrogen-bond acceptors (Lipinski definition) is 4. The summed E-state index contributed by atoms with van der Waals surface area (Å²) in [5.74, 6) is -0.534. The van der Waals surface area contributed by atoms with E-state index in [2.05, 4.69) is 10.6 Å². The Morgan fingerprint density at radius 3 is 2.48 bits per heavy atom. The number of nitrogens with one attached hydrogen (secondary N) is 2. The molecule has 1 aliphatic heterocycles. The van der Waals surface area contributed by atoms with Crippen molar-refractivity contribution in [3.63, 3.8) is 0 Å². The number of nitrogens with zero attached hydrogens (tertiary/aromatic N) is 1. The zero-order valence-corrected chi connectivity index (χ0v) is 13.0. The van der Waals surface area contributed by atoms with E-state index >= 15 is 0 Å². The summed E-state index contributed by atoms with van der Waals surface area (Å²) in [5.41, 5.74) is -0.820. The standard InChI is InChI=1S/C16H21N3O4/c1-2-3-7-10-16(14(21)17-15(22)18-16)13(19(23)11-20)12-8-5-4-6-9-12/h4-6,8-9,11,13,23H,2-3,7,10H2,1H3,(H2,17,18,21,22)/t13?,16-/m0/s1. The van der Waals surface area contributed by atoms with Gasteiger partial charge in [0.25, 0.3) is 5.91 Å². The van der Waals surface area contributed by atoms with Gasteiger partial charge in [-0.1, -0.05) is 56.5 Å². The van der Waals surface area contributed by atoms with Crippen molar-refractivity contribution in [3.8, 4) is 0 Å². The maximum absolute atomic E-state index is 12.5. The first-order valence-corrected chi connectivity index (χ1v) is 7.66. The lowest BCUT2D eigenvalue weighted by Crippen LogP contribution is -2.56. The lowest BCUT2D eigenvalue weighted by molar-refractivity contribution is -0.171. The molecule has 2 rings (SSSR count). The summed E-state index contributed by atoms with van der Waals surface area (Å²) in [4.78, 5) is 35.4. The number of unbranched alkanes of at least 4 members (excludes halogenated alkanes) is 2. The van der Waals surface area contributed by atoms with Crippen LogP contribution in [-0.2, 0) is 9.59 Å². The minimum Gasteiger partial charge on any atom is -0.321 e. The van der Waals surface area contributed by atoms with Crippen molar-refractivity contribution >= 4 is 18.3 Å². The molecule has 2 atom stereocenters. The van der Waals surface area contributed by atoms with Crippen LogP contribution < -0.4 is 10.6 Å². The van der Waals surface area contributed by atoms with Crippen LogP contribution >= 0.6 is 0 Å². The maximum atomic E-state index is 12.5. The topological polar surface area (TPSA) is 98.7 Å².